The molecule has 35 heavy (non-hydrogen) atoms. The third-order valence-corrected chi connectivity index (χ3v) is 6.56. The summed E-state index contributed by atoms with van der Waals surface area (Å²) in [6.07, 6.45) is 0.709. The minimum Gasteiger partial charge on any atom is -0.450 e. The fourth-order valence-corrected chi connectivity index (χ4v) is 4.75. The molecular weight excluding hydrogens is 440 g/mol. The van der Waals surface area contributed by atoms with Gasteiger partial charge in [-0.25, -0.2) is 4.79 Å². The van der Waals surface area contributed by atoms with Crippen molar-refractivity contribution in [2.45, 2.75) is 40.2 Å². The molecule has 3 rings (SSSR count). The topological polar surface area (TPSA) is 65.1 Å². The van der Waals surface area contributed by atoms with Gasteiger partial charge in [0, 0.05) is 50.5 Å². The Morgan fingerprint density at radius 2 is 1.63 bits per heavy atom. The van der Waals surface area contributed by atoms with Crippen LogP contribution in [-0.4, -0.2) is 79.1 Å². The summed E-state index contributed by atoms with van der Waals surface area (Å²) in [6, 6.07) is 16.0. The van der Waals surface area contributed by atoms with E-state index in [4.69, 9.17) is 4.74 Å². The average molecular weight is 481 g/mol. The van der Waals surface area contributed by atoms with E-state index in [2.05, 4.69) is 40.2 Å². The number of ether oxygens (including phenoxy) is 1. The van der Waals surface area contributed by atoms with E-state index >= 15 is 0 Å². The molecule has 2 amide bonds. The molecule has 7 nitrogen and oxygen atoms in total. The zero-order valence-electron chi connectivity index (χ0n) is 21.6. The van der Waals surface area contributed by atoms with Crippen molar-refractivity contribution in [3.63, 3.8) is 0 Å². The number of amides is 2. The molecule has 0 bridgehead atoms. The van der Waals surface area contributed by atoms with Gasteiger partial charge in [-0.3, -0.25) is 15.0 Å². The molecular formula is C28H40N4O3. The Bertz CT molecular complexity index is 951. The number of benzene rings is 2. The van der Waals surface area contributed by atoms with Crippen LogP contribution in [0.25, 0.3) is 0 Å². The summed E-state index contributed by atoms with van der Waals surface area (Å²) in [4.78, 5) is 31.6. The largest absolute Gasteiger partial charge is 0.450 e. The number of hydrogen-bond acceptors (Lipinski definition) is 5. The van der Waals surface area contributed by atoms with E-state index in [1.807, 2.05) is 49.1 Å². The minimum absolute atomic E-state index is 0.0281. The van der Waals surface area contributed by atoms with Gasteiger partial charge in [-0.05, 0) is 69.1 Å². The first kappa shape index (κ1) is 26.7. The molecule has 1 aliphatic rings. The van der Waals surface area contributed by atoms with Gasteiger partial charge in [-0.2, -0.15) is 0 Å². The molecule has 1 N–H and O–H groups in total. The van der Waals surface area contributed by atoms with Crippen molar-refractivity contribution in [3.8, 4) is 0 Å². The summed E-state index contributed by atoms with van der Waals surface area (Å²) in [5.74, 6) is 0.0620. The van der Waals surface area contributed by atoms with Gasteiger partial charge in [0.25, 0.3) is 5.91 Å². The van der Waals surface area contributed by atoms with Crippen molar-refractivity contribution in [1.29, 1.82) is 0 Å². The van der Waals surface area contributed by atoms with Crippen LogP contribution in [0.1, 0.15) is 61.6 Å². The number of anilines is 1. The number of nitrogens with zero attached hydrogens (tertiary/aromatic N) is 3. The normalized spacial score (nSPS) is 15.4. The maximum Gasteiger partial charge on any atom is 0.411 e. The highest BCUT2D eigenvalue weighted by atomic mass is 16.5. The quantitative estimate of drug-likeness (QED) is 0.526. The van der Waals surface area contributed by atoms with Crippen molar-refractivity contribution < 1.29 is 14.3 Å². The number of piperazine rings is 1. The van der Waals surface area contributed by atoms with E-state index in [-0.39, 0.29) is 11.9 Å². The summed E-state index contributed by atoms with van der Waals surface area (Å²) in [7, 11) is 0. The Morgan fingerprint density at radius 1 is 0.943 bits per heavy atom. The van der Waals surface area contributed by atoms with E-state index in [1.54, 1.807) is 6.92 Å². The maximum absolute atomic E-state index is 12.8. The van der Waals surface area contributed by atoms with Gasteiger partial charge in [0.1, 0.15) is 0 Å². The fraction of sp³-hybridized carbons (Fsp3) is 0.500. The van der Waals surface area contributed by atoms with Gasteiger partial charge in [0.15, 0.2) is 0 Å². The lowest BCUT2D eigenvalue weighted by Gasteiger charge is -2.40. The van der Waals surface area contributed by atoms with Gasteiger partial charge in [-0.1, -0.05) is 31.2 Å². The molecule has 2 aromatic rings. The second kappa shape index (κ2) is 13.3. The molecule has 0 aromatic heterocycles. The highest BCUT2D eigenvalue weighted by Gasteiger charge is 2.27. The predicted molar refractivity (Wildman–Crippen MR) is 141 cm³/mol. The van der Waals surface area contributed by atoms with E-state index < -0.39 is 6.09 Å². The average Bonchev–Trinajstić information content (AvgIpc) is 2.87. The summed E-state index contributed by atoms with van der Waals surface area (Å²) in [5.41, 5.74) is 3.66. The van der Waals surface area contributed by atoms with Crippen LogP contribution >= 0.6 is 0 Å². The Balaban J connectivity index is 1.90. The third-order valence-electron chi connectivity index (χ3n) is 6.56. The lowest BCUT2D eigenvalue weighted by atomic mass is 9.95. The first-order chi connectivity index (χ1) is 17.0. The summed E-state index contributed by atoms with van der Waals surface area (Å²) < 4.78 is 5.05. The second-order valence-electron chi connectivity index (χ2n) is 8.85. The number of rotatable bonds is 10. The fourth-order valence-electron chi connectivity index (χ4n) is 4.75. The van der Waals surface area contributed by atoms with E-state index in [0.29, 0.717) is 30.9 Å². The van der Waals surface area contributed by atoms with Crippen LogP contribution in [0.2, 0.25) is 0 Å². The Morgan fingerprint density at radius 3 is 2.23 bits per heavy atom. The lowest BCUT2D eigenvalue weighted by Crippen LogP contribution is -2.47. The smallest absolute Gasteiger partial charge is 0.411 e. The SMILES string of the molecule is CCCN1CCN([C@H](c2ccc(C(=O)N(CC)CC)cc2)c2cccc(NC(=O)OCC)c2)CC1. The third kappa shape index (κ3) is 7.05. The van der Waals surface area contributed by atoms with Crippen LogP contribution in [0.3, 0.4) is 0 Å². The summed E-state index contributed by atoms with van der Waals surface area (Å²) >= 11 is 0. The number of nitrogens with one attached hydrogen (secondary N) is 1. The lowest BCUT2D eigenvalue weighted by molar-refractivity contribution is 0.0773. The van der Waals surface area contributed by atoms with Crippen LogP contribution in [0.4, 0.5) is 10.5 Å². The maximum atomic E-state index is 12.8. The first-order valence-corrected chi connectivity index (χ1v) is 12.9. The molecule has 1 fully saturated rings. The molecule has 190 valence electrons. The highest BCUT2D eigenvalue weighted by Crippen LogP contribution is 2.31. The first-order valence-electron chi connectivity index (χ1n) is 12.9. The standard InChI is InChI=1S/C28H40N4O3/c1-5-16-30-17-19-32(20-18-30)26(24-10-9-11-25(21-24)29-28(34)35-8-4)22-12-14-23(15-13-22)27(33)31(6-2)7-3/h9-15,21,26H,5-8,16-20H2,1-4H3,(H,29,34)/t26-/m1/s1. The number of hydrogen-bond donors (Lipinski definition) is 1. The summed E-state index contributed by atoms with van der Waals surface area (Å²) in [6.45, 7) is 14.8. The number of carbonyl (C=O) groups is 2. The molecule has 1 atom stereocenters. The van der Waals surface area contributed by atoms with Crippen molar-refractivity contribution in [3.05, 3.63) is 65.2 Å². The Kier molecular flexibility index (Phi) is 10.1. The molecule has 1 aliphatic heterocycles. The molecule has 0 aliphatic carbocycles. The van der Waals surface area contributed by atoms with Crippen LogP contribution in [0.5, 0.6) is 0 Å². The van der Waals surface area contributed by atoms with Crippen molar-refractivity contribution in [2.24, 2.45) is 0 Å². The van der Waals surface area contributed by atoms with Gasteiger partial charge in [0.2, 0.25) is 0 Å². The zero-order valence-corrected chi connectivity index (χ0v) is 21.6. The molecule has 0 radical (unpaired) electrons. The van der Waals surface area contributed by atoms with E-state index in [1.165, 1.54) is 0 Å². The van der Waals surface area contributed by atoms with Crippen molar-refractivity contribution in [2.75, 3.05) is 57.7 Å². The minimum atomic E-state index is -0.450. The predicted octanol–water partition coefficient (Wildman–Crippen LogP) is 4.85. The van der Waals surface area contributed by atoms with Gasteiger partial charge in [-0.15, -0.1) is 0 Å². The molecule has 7 heteroatoms. The van der Waals surface area contributed by atoms with Crippen LogP contribution in [0.15, 0.2) is 48.5 Å². The Hall–Kier alpha value is -2.90. The van der Waals surface area contributed by atoms with Crippen molar-refractivity contribution in [1.82, 2.24) is 14.7 Å². The van der Waals surface area contributed by atoms with E-state index in [9.17, 15) is 9.59 Å². The zero-order chi connectivity index (χ0) is 25.2. The Labute approximate surface area is 210 Å². The van der Waals surface area contributed by atoms with Gasteiger partial charge in [0.05, 0.1) is 12.6 Å². The van der Waals surface area contributed by atoms with E-state index in [0.717, 1.165) is 50.3 Å². The highest BCUT2D eigenvalue weighted by molar-refractivity contribution is 5.94. The van der Waals surface area contributed by atoms with Crippen LogP contribution in [0, 0.1) is 0 Å². The molecule has 0 unspecified atom stereocenters. The molecule has 0 saturated carbocycles. The van der Waals surface area contributed by atoms with Gasteiger partial charge >= 0.3 is 6.09 Å². The summed E-state index contributed by atoms with van der Waals surface area (Å²) in [5, 5.41) is 2.83. The molecule has 0 spiro atoms. The van der Waals surface area contributed by atoms with Crippen molar-refractivity contribution >= 4 is 17.7 Å². The molecule has 2 aromatic carbocycles. The van der Waals surface area contributed by atoms with Crippen LogP contribution in [-0.2, 0) is 4.74 Å². The van der Waals surface area contributed by atoms with Crippen LogP contribution < -0.4 is 5.32 Å². The number of carbonyl (C=O) groups excluding carboxylic acids is 2. The van der Waals surface area contributed by atoms with Gasteiger partial charge < -0.3 is 14.5 Å². The monoisotopic (exact) mass is 480 g/mol. The molecule has 1 heterocycles. The second-order valence-corrected chi connectivity index (χ2v) is 8.85. The molecule has 1 saturated heterocycles.